The Labute approximate surface area is 426 Å². The van der Waals surface area contributed by atoms with Crippen molar-refractivity contribution in [3.05, 3.63) is 263 Å². The van der Waals surface area contributed by atoms with E-state index < -0.39 is 0 Å². The Morgan fingerprint density at radius 3 is 1.07 bits per heavy atom. The van der Waals surface area contributed by atoms with Crippen molar-refractivity contribution in [2.24, 2.45) is 0 Å². The van der Waals surface area contributed by atoms with E-state index in [1.54, 1.807) is 26.4 Å². The zero-order valence-electron chi connectivity index (χ0n) is 39.0. The van der Waals surface area contributed by atoms with E-state index in [1.165, 1.54) is 45.6 Å². The number of thiocarbonyl (C=S) groups is 2. The average molecular weight is 982 g/mol. The van der Waals surface area contributed by atoms with Crippen molar-refractivity contribution >= 4 is 79.9 Å². The number of methoxy groups -OCH3 is 2. The fourth-order valence-corrected chi connectivity index (χ4v) is 8.45. The second-order valence-corrected chi connectivity index (χ2v) is 17.2. The third kappa shape index (κ3) is 14.7. The van der Waals surface area contributed by atoms with Gasteiger partial charge in [-0.05, 0) is 166 Å². The standard InChI is InChI=1S/C30H27ClN2OS.C30H27FN2OS/c2*1-34-27-18-12-24(13-19-27)29(23-10-6-3-7-11-23)28(22-8-4-2-5-9-22)20-21-32-30(35)33-26-16-14-25(31)15-17-26/h2*2-19H,20-21H2,1H3,(H2,32,33,35)/b2*29-28-. The highest BCUT2D eigenvalue weighted by Crippen LogP contribution is 2.36. The van der Waals surface area contributed by atoms with Crippen LogP contribution in [-0.2, 0) is 0 Å². The lowest BCUT2D eigenvalue weighted by Gasteiger charge is -2.19. The molecule has 8 aromatic rings. The minimum atomic E-state index is -0.279. The first-order valence-corrected chi connectivity index (χ1v) is 24.0. The minimum absolute atomic E-state index is 0.279. The predicted molar refractivity (Wildman–Crippen MR) is 299 cm³/mol. The maximum atomic E-state index is 13.2. The van der Waals surface area contributed by atoms with Crippen LogP contribution in [0.25, 0.3) is 22.3 Å². The molecule has 0 unspecified atom stereocenters. The minimum Gasteiger partial charge on any atom is -0.497 e. The van der Waals surface area contributed by atoms with Crippen molar-refractivity contribution in [2.45, 2.75) is 12.8 Å². The molecule has 0 saturated heterocycles. The molecule has 0 aliphatic carbocycles. The van der Waals surface area contributed by atoms with Gasteiger partial charge in [0.1, 0.15) is 17.3 Å². The van der Waals surface area contributed by atoms with Gasteiger partial charge >= 0.3 is 0 Å². The fourth-order valence-electron chi connectivity index (χ4n) is 7.88. The topological polar surface area (TPSA) is 66.6 Å². The predicted octanol–water partition coefficient (Wildman–Crippen LogP) is 14.9. The maximum absolute atomic E-state index is 13.2. The largest absolute Gasteiger partial charge is 0.497 e. The van der Waals surface area contributed by atoms with E-state index in [0.717, 1.165) is 58.0 Å². The molecule has 4 N–H and O–H groups in total. The lowest BCUT2D eigenvalue weighted by atomic mass is 9.88. The number of ether oxygens (including phenoxy) is 2. The van der Waals surface area contributed by atoms with Crippen LogP contribution in [0.3, 0.4) is 0 Å². The summed E-state index contributed by atoms with van der Waals surface area (Å²) in [6.07, 6.45) is 1.52. The molecule has 352 valence electrons. The van der Waals surface area contributed by atoms with Crippen molar-refractivity contribution in [3.8, 4) is 11.5 Å². The maximum Gasteiger partial charge on any atom is 0.170 e. The number of hydrogen-bond donors (Lipinski definition) is 4. The monoisotopic (exact) mass is 980 g/mol. The van der Waals surface area contributed by atoms with Crippen molar-refractivity contribution < 1.29 is 13.9 Å². The molecule has 0 amide bonds. The molecule has 0 aliphatic heterocycles. The molecule has 0 aromatic heterocycles. The summed E-state index contributed by atoms with van der Waals surface area (Å²) < 4.78 is 24.0. The van der Waals surface area contributed by atoms with E-state index in [2.05, 4.69) is 143 Å². The quantitative estimate of drug-likeness (QED) is 0.0564. The molecule has 8 aromatic carbocycles. The first kappa shape index (κ1) is 50.3. The number of hydrogen-bond acceptors (Lipinski definition) is 4. The second kappa shape index (κ2) is 26.3. The molecule has 0 atom stereocenters. The Bertz CT molecular complexity index is 2750. The first-order valence-electron chi connectivity index (χ1n) is 22.9. The molecule has 0 fully saturated rings. The summed E-state index contributed by atoms with van der Waals surface area (Å²) in [5.74, 6) is 1.38. The molecular weight excluding hydrogens is 927 g/mol. The normalized spacial score (nSPS) is 11.4. The number of rotatable bonds is 16. The summed E-state index contributed by atoms with van der Waals surface area (Å²) in [7, 11) is 3.36. The van der Waals surface area contributed by atoms with E-state index in [0.29, 0.717) is 28.3 Å². The van der Waals surface area contributed by atoms with Crippen molar-refractivity contribution in [3.63, 3.8) is 0 Å². The van der Waals surface area contributed by atoms with E-state index in [4.69, 9.17) is 45.5 Å². The van der Waals surface area contributed by atoms with Crippen LogP contribution in [0.2, 0.25) is 5.02 Å². The van der Waals surface area contributed by atoms with Crippen molar-refractivity contribution in [1.82, 2.24) is 10.6 Å². The lowest BCUT2D eigenvalue weighted by molar-refractivity contribution is 0.414. The van der Waals surface area contributed by atoms with Crippen LogP contribution in [0, 0.1) is 5.82 Å². The molecule has 0 aliphatic rings. The molecule has 8 rings (SSSR count). The van der Waals surface area contributed by atoms with Crippen LogP contribution in [0.1, 0.15) is 46.2 Å². The molecule has 6 nitrogen and oxygen atoms in total. The Morgan fingerprint density at radius 1 is 0.414 bits per heavy atom. The van der Waals surface area contributed by atoms with E-state index in [1.807, 2.05) is 72.8 Å². The highest BCUT2D eigenvalue weighted by atomic mass is 35.5. The zero-order chi connectivity index (χ0) is 48.9. The van der Waals surface area contributed by atoms with Gasteiger partial charge in [0, 0.05) is 29.5 Å². The van der Waals surface area contributed by atoms with Gasteiger partial charge in [-0.3, -0.25) is 0 Å². The van der Waals surface area contributed by atoms with Gasteiger partial charge in [0.2, 0.25) is 0 Å². The van der Waals surface area contributed by atoms with E-state index in [9.17, 15) is 4.39 Å². The average Bonchev–Trinajstić information content (AvgIpc) is 3.41. The Hall–Kier alpha value is -7.56. The van der Waals surface area contributed by atoms with Gasteiger partial charge in [-0.15, -0.1) is 0 Å². The highest BCUT2D eigenvalue weighted by Gasteiger charge is 2.16. The highest BCUT2D eigenvalue weighted by molar-refractivity contribution is 7.80. The summed E-state index contributed by atoms with van der Waals surface area (Å²) in [5.41, 5.74) is 13.3. The van der Waals surface area contributed by atoms with Crippen molar-refractivity contribution in [2.75, 3.05) is 37.9 Å². The third-order valence-corrected chi connectivity index (χ3v) is 12.0. The van der Waals surface area contributed by atoms with Gasteiger partial charge in [0.15, 0.2) is 10.2 Å². The van der Waals surface area contributed by atoms with Crippen LogP contribution < -0.4 is 30.7 Å². The smallest absolute Gasteiger partial charge is 0.170 e. The number of nitrogens with one attached hydrogen (secondary N) is 4. The molecule has 0 radical (unpaired) electrons. The third-order valence-electron chi connectivity index (χ3n) is 11.3. The van der Waals surface area contributed by atoms with Crippen LogP contribution in [0.15, 0.2) is 218 Å². The summed E-state index contributed by atoms with van der Waals surface area (Å²) in [6, 6.07) is 71.9. The molecule has 0 bridgehead atoms. The Kier molecular flexibility index (Phi) is 18.9. The van der Waals surface area contributed by atoms with Gasteiger partial charge in [0.05, 0.1) is 14.2 Å². The second-order valence-electron chi connectivity index (χ2n) is 15.9. The van der Waals surface area contributed by atoms with Crippen molar-refractivity contribution in [1.29, 1.82) is 0 Å². The van der Waals surface area contributed by atoms with Crippen LogP contribution in [0.4, 0.5) is 15.8 Å². The van der Waals surface area contributed by atoms with Gasteiger partial charge in [-0.2, -0.15) is 0 Å². The summed E-state index contributed by atoms with van der Waals surface area (Å²) in [6.45, 7) is 1.31. The first-order chi connectivity index (χ1) is 34.3. The Balaban J connectivity index is 0.000000206. The molecule has 10 heteroatoms. The van der Waals surface area contributed by atoms with Gasteiger partial charge in [0.25, 0.3) is 0 Å². The molecule has 0 heterocycles. The fraction of sp³-hybridized carbons (Fsp3) is 0.100. The SMILES string of the molecule is COc1ccc(/C(=C(/CCNC(=S)Nc2ccc(Cl)cc2)c2ccccc2)c2ccccc2)cc1.COc1ccc(/C(=C(/CCNC(=S)Nc2ccc(F)cc2)c2ccccc2)c2ccccc2)cc1. The number of anilines is 2. The molecule has 0 saturated carbocycles. The Morgan fingerprint density at radius 2 is 0.729 bits per heavy atom. The van der Waals surface area contributed by atoms with Crippen LogP contribution in [-0.4, -0.2) is 37.5 Å². The molecule has 70 heavy (non-hydrogen) atoms. The number of benzene rings is 8. The van der Waals surface area contributed by atoms with Gasteiger partial charge < -0.3 is 30.7 Å². The summed E-state index contributed by atoms with van der Waals surface area (Å²) in [4.78, 5) is 0. The zero-order valence-corrected chi connectivity index (χ0v) is 41.4. The van der Waals surface area contributed by atoms with E-state index >= 15 is 0 Å². The number of halogens is 2. The summed E-state index contributed by atoms with van der Waals surface area (Å²) in [5, 5.41) is 14.7. The summed E-state index contributed by atoms with van der Waals surface area (Å²) >= 11 is 17.0. The lowest BCUT2D eigenvalue weighted by Crippen LogP contribution is -2.29. The van der Waals surface area contributed by atoms with Gasteiger partial charge in [-0.25, -0.2) is 4.39 Å². The molecule has 0 spiro atoms. The van der Waals surface area contributed by atoms with E-state index in [-0.39, 0.29) is 5.82 Å². The van der Waals surface area contributed by atoms with Crippen LogP contribution >= 0.6 is 36.0 Å². The molecular formula is C60H54ClFN4O2S2. The van der Waals surface area contributed by atoms with Crippen LogP contribution in [0.5, 0.6) is 11.5 Å². The van der Waals surface area contributed by atoms with Gasteiger partial charge in [-0.1, -0.05) is 157 Å².